The number of halogens is 1. The first-order valence-electron chi connectivity index (χ1n) is 8.29. The Balaban J connectivity index is 0.00000261. The number of hydrogen-bond donors (Lipinski definition) is 1. The van der Waals surface area contributed by atoms with E-state index >= 15 is 0 Å². The number of piperazine rings is 1. The van der Waals surface area contributed by atoms with Gasteiger partial charge in [-0.2, -0.15) is 4.98 Å². The lowest BCUT2D eigenvalue weighted by atomic mass is 10.1. The van der Waals surface area contributed by atoms with Crippen LogP contribution in [0.4, 0.5) is 5.69 Å². The third-order valence-corrected chi connectivity index (χ3v) is 4.26. The van der Waals surface area contributed by atoms with Crippen LogP contribution in [0.5, 0.6) is 11.5 Å². The highest BCUT2D eigenvalue weighted by Gasteiger charge is 2.29. The maximum Gasteiger partial charge on any atom is 0.286 e. The van der Waals surface area contributed by atoms with Gasteiger partial charge in [-0.3, -0.25) is 15.0 Å². The standard InChI is InChI=1S/C16H21N5O5.ClH/c1-4-25-14-8-11(21(22)23)10(7-13(14)24-3)16-18-15(19-26-16)12-9-17-5-6-20(12)2;/h7-8,12,17H,4-6,9H2,1-3H3;1H. The summed E-state index contributed by atoms with van der Waals surface area (Å²) in [7, 11) is 3.44. The van der Waals surface area contributed by atoms with Crippen molar-refractivity contribution in [2.24, 2.45) is 0 Å². The minimum Gasteiger partial charge on any atom is -0.493 e. The number of methoxy groups -OCH3 is 1. The van der Waals surface area contributed by atoms with Crippen LogP contribution in [-0.2, 0) is 0 Å². The molecule has 3 rings (SSSR count). The predicted octanol–water partition coefficient (Wildman–Crippen LogP) is 2.05. The van der Waals surface area contributed by atoms with Crippen LogP contribution >= 0.6 is 12.4 Å². The van der Waals surface area contributed by atoms with E-state index in [2.05, 4.69) is 20.4 Å². The van der Waals surface area contributed by atoms with Gasteiger partial charge in [-0.15, -0.1) is 12.4 Å². The van der Waals surface area contributed by atoms with E-state index in [1.54, 1.807) is 6.92 Å². The summed E-state index contributed by atoms with van der Waals surface area (Å²) in [5.74, 6) is 1.22. The van der Waals surface area contributed by atoms with Crippen molar-refractivity contribution < 1.29 is 18.9 Å². The van der Waals surface area contributed by atoms with Crippen molar-refractivity contribution in [2.75, 3.05) is 40.4 Å². The molecule has 1 aliphatic rings. The van der Waals surface area contributed by atoms with E-state index in [-0.39, 0.29) is 35.6 Å². The van der Waals surface area contributed by atoms with Crippen molar-refractivity contribution in [3.63, 3.8) is 0 Å². The second-order valence-electron chi connectivity index (χ2n) is 5.87. The summed E-state index contributed by atoms with van der Waals surface area (Å²) in [4.78, 5) is 17.5. The van der Waals surface area contributed by atoms with Gasteiger partial charge in [-0.05, 0) is 14.0 Å². The molecule has 0 radical (unpaired) electrons. The highest BCUT2D eigenvalue weighted by molar-refractivity contribution is 5.85. The van der Waals surface area contributed by atoms with Crippen molar-refractivity contribution in [2.45, 2.75) is 13.0 Å². The second-order valence-corrected chi connectivity index (χ2v) is 5.87. The smallest absolute Gasteiger partial charge is 0.286 e. The molecular formula is C16H22ClN5O5. The summed E-state index contributed by atoms with van der Waals surface area (Å²) >= 11 is 0. The van der Waals surface area contributed by atoms with Crippen LogP contribution in [-0.4, -0.2) is 60.4 Å². The van der Waals surface area contributed by atoms with Crippen molar-refractivity contribution in [3.8, 4) is 23.0 Å². The molecule has 2 heterocycles. The van der Waals surface area contributed by atoms with Gasteiger partial charge in [0.25, 0.3) is 11.6 Å². The van der Waals surface area contributed by atoms with Gasteiger partial charge in [-0.25, -0.2) is 0 Å². The predicted molar refractivity (Wildman–Crippen MR) is 99.6 cm³/mol. The van der Waals surface area contributed by atoms with E-state index in [1.165, 1.54) is 19.2 Å². The Kier molecular flexibility index (Phi) is 6.94. The molecule has 0 bridgehead atoms. The fourth-order valence-corrected chi connectivity index (χ4v) is 2.87. The molecule has 0 spiro atoms. The Morgan fingerprint density at radius 2 is 2.22 bits per heavy atom. The lowest BCUT2D eigenvalue weighted by molar-refractivity contribution is -0.384. The number of nitrogens with one attached hydrogen (secondary N) is 1. The molecule has 27 heavy (non-hydrogen) atoms. The molecule has 11 heteroatoms. The summed E-state index contributed by atoms with van der Waals surface area (Å²) in [6.07, 6.45) is 0. The number of hydrogen-bond acceptors (Lipinski definition) is 9. The number of ether oxygens (including phenoxy) is 2. The first-order valence-corrected chi connectivity index (χ1v) is 8.29. The zero-order valence-corrected chi connectivity index (χ0v) is 16.1. The number of nitrogens with zero attached hydrogens (tertiary/aromatic N) is 4. The van der Waals surface area contributed by atoms with Crippen molar-refractivity contribution >= 4 is 18.1 Å². The zero-order chi connectivity index (χ0) is 18.7. The van der Waals surface area contributed by atoms with Crippen LogP contribution in [0.2, 0.25) is 0 Å². The van der Waals surface area contributed by atoms with Crippen LogP contribution < -0.4 is 14.8 Å². The fourth-order valence-electron chi connectivity index (χ4n) is 2.87. The second kappa shape index (κ2) is 8.98. The van der Waals surface area contributed by atoms with Crippen LogP contribution in [0.3, 0.4) is 0 Å². The van der Waals surface area contributed by atoms with Crippen LogP contribution in [0, 0.1) is 10.1 Å². The first-order chi connectivity index (χ1) is 12.5. The van der Waals surface area contributed by atoms with Gasteiger partial charge in [0.1, 0.15) is 5.56 Å². The molecule has 10 nitrogen and oxygen atoms in total. The van der Waals surface area contributed by atoms with Gasteiger partial charge in [0, 0.05) is 25.7 Å². The monoisotopic (exact) mass is 399 g/mol. The number of aromatic nitrogens is 2. The van der Waals surface area contributed by atoms with E-state index in [9.17, 15) is 10.1 Å². The van der Waals surface area contributed by atoms with Crippen molar-refractivity contribution in [1.82, 2.24) is 20.4 Å². The summed E-state index contributed by atoms with van der Waals surface area (Å²) < 4.78 is 16.0. The van der Waals surface area contributed by atoms with Gasteiger partial charge in [0.05, 0.1) is 30.7 Å². The lowest BCUT2D eigenvalue weighted by Crippen LogP contribution is -2.44. The van der Waals surface area contributed by atoms with Crippen molar-refractivity contribution in [3.05, 3.63) is 28.1 Å². The summed E-state index contributed by atoms with van der Waals surface area (Å²) in [6, 6.07) is 2.75. The summed E-state index contributed by atoms with van der Waals surface area (Å²) in [5, 5.41) is 18.8. The Morgan fingerprint density at radius 3 is 2.85 bits per heavy atom. The minimum atomic E-state index is -0.505. The molecule has 148 valence electrons. The third-order valence-electron chi connectivity index (χ3n) is 4.26. The van der Waals surface area contributed by atoms with Crippen LogP contribution in [0.25, 0.3) is 11.5 Å². The number of nitro benzene ring substituents is 1. The number of likely N-dealkylation sites (N-methyl/N-ethyl adjacent to an activating group) is 1. The van der Waals surface area contributed by atoms with E-state index in [1.807, 2.05) is 7.05 Å². The minimum absolute atomic E-state index is 0. The summed E-state index contributed by atoms with van der Waals surface area (Å²) in [5.41, 5.74) is 0.0139. The molecule has 2 aromatic rings. The van der Waals surface area contributed by atoms with Gasteiger partial charge in [-0.1, -0.05) is 5.16 Å². The van der Waals surface area contributed by atoms with E-state index < -0.39 is 4.92 Å². The maximum atomic E-state index is 11.5. The normalized spacial score (nSPS) is 17.2. The molecule has 1 fully saturated rings. The quantitative estimate of drug-likeness (QED) is 0.575. The molecule has 0 aliphatic carbocycles. The molecular weight excluding hydrogens is 378 g/mol. The van der Waals surface area contributed by atoms with Gasteiger partial charge < -0.3 is 19.3 Å². The Hall–Kier alpha value is -2.43. The van der Waals surface area contributed by atoms with Gasteiger partial charge in [0.2, 0.25) is 0 Å². The maximum absolute atomic E-state index is 11.5. The Labute approximate surface area is 162 Å². The molecule has 1 saturated heterocycles. The third kappa shape index (κ3) is 4.29. The number of nitro groups is 1. The first kappa shape index (κ1) is 20.9. The fraction of sp³-hybridized carbons (Fsp3) is 0.500. The van der Waals surface area contributed by atoms with E-state index in [0.29, 0.717) is 30.5 Å². The van der Waals surface area contributed by atoms with Crippen LogP contribution in [0.15, 0.2) is 16.7 Å². The Bertz CT molecular complexity index is 800. The molecule has 1 aliphatic heterocycles. The SMILES string of the molecule is CCOc1cc([N+](=O)[O-])c(-c2nc(C3CNCCN3C)no2)cc1OC.Cl. The number of rotatable bonds is 6. The van der Waals surface area contributed by atoms with E-state index in [0.717, 1.165) is 13.1 Å². The molecule has 1 N–H and O–H groups in total. The lowest BCUT2D eigenvalue weighted by Gasteiger charge is -2.30. The van der Waals surface area contributed by atoms with Gasteiger partial charge in [0.15, 0.2) is 17.3 Å². The largest absolute Gasteiger partial charge is 0.493 e. The van der Waals surface area contributed by atoms with Crippen molar-refractivity contribution in [1.29, 1.82) is 0 Å². The molecule has 0 saturated carbocycles. The molecule has 1 unspecified atom stereocenters. The molecule has 1 aromatic carbocycles. The highest BCUT2D eigenvalue weighted by atomic mass is 35.5. The number of benzene rings is 1. The molecule has 1 atom stereocenters. The summed E-state index contributed by atoms with van der Waals surface area (Å²) in [6.45, 7) is 4.58. The molecule has 0 amide bonds. The average molecular weight is 400 g/mol. The van der Waals surface area contributed by atoms with Gasteiger partial charge >= 0.3 is 0 Å². The average Bonchev–Trinajstić information content (AvgIpc) is 3.11. The Morgan fingerprint density at radius 1 is 1.44 bits per heavy atom. The zero-order valence-electron chi connectivity index (χ0n) is 15.3. The topological polar surface area (TPSA) is 116 Å². The highest BCUT2D eigenvalue weighted by Crippen LogP contribution is 2.39. The molecule has 1 aromatic heterocycles. The van der Waals surface area contributed by atoms with Crippen LogP contribution in [0.1, 0.15) is 18.8 Å². The van der Waals surface area contributed by atoms with E-state index in [4.69, 9.17) is 14.0 Å².